The number of nitrogens with one attached hydrogen (secondary N) is 2. The van der Waals surface area contributed by atoms with E-state index in [0.29, 0.717) is 15.6 Å². The summed E-state index contributed by atoms with van der Waals surface area (Å²) in [4.78, 5) is 36.4. The van der Waals surface area contributed by atoms with Crippen LogP contribution in [0, 0.1) is 5.82 Å². The summed E-state index contributed by atoms with van der Waals surface area (Å²) in [5.41, 5.74) is 1.12. The molecule has 4 amide bonds. The number of carbonyl (C=O) groups is 3. The first kappa shape index (κ1) is 17.1. The van der Waals surface area contributed by atoms with Crippen molar-refractivity contribution in [3.8, 4) is 0 Å². The van der Waals surface area contributed by atoms with E-state index in [0.717, 1.165) is 4.90 Å². The third-order valence-electron chi connectivity index (χ3n) is 3.67. The highest BCUT2D eigenvalue weighted by Crippen LogP contribution is 2.20. The maximum atomic E-state index is 13.8. The van der Waals surface area contributed by atoms with Crippen LogP contribution in [0.15, 0.2) is 46.9 Å². The van der Waals surface area contributed by atoms with Crippen LogP contribution in [0.1, 0.15) is 15.9 Å². The summed E-state index contributed by atoms with van der Waals surface area (Å²) in [6, 6.07) is 10.3. The number of hydrogen-bond donors (Lipinski definition) is 2. The monoisotopic (exact) mass is 405 g/mol. The van der Waals surface area contributed by atoms with Crippen LogP contribution in [0.5, 0.6) is 0 Å². The van der Waals surface area contributed by atoms with Gasteiger partial charge in [0.15, 0.2) is 0 Å². The second-order valence-corrected chi connectivity index (χ2v) is 6.33. The van der Waals surface area contributed by atoms with Crippen LogP contribution in [-0.2, 0) is 11.3 Å². The van der Waals surface area contributed by atoms with E-state index in [2.05, 4.69) is 26.6 Å². The van der Waals surface area contributed by atoms with Gasteiger partial charge in [-0.25, -0.2) is 9.18 Å². The maximum absolute atomic E-state index is 13.8. The number of rotatable bonds is 4. The summed E-state index contributed by atoms with van der Waals surface area (Å²) in [5, 5.41) is 4.94. The molecule has 1 heterocycles. The van der Waals surface area contributed by atoms with E-state index in [1.807, 2.05) is 0 Å². The molecule has 1 aliphatic rings. The van der Waals surface area contributed by atoms with Crippen LogP contribution in [-0.4, -0.2) is 29.3 Å². The second-order valence-electron chi connectivity index (χ2n) is 5.41. The minimum Gasteiger partial charge on any atom is -0.329 e. The fourth-order valence-electron chi connectivity index (χ4n) is 2.34. The van der Waals surface area contributed by atoms with Crippen molar-refractivity contribution in [2.75, 3.05) is 11.9 Å². The summed E-state index contributed by atoms with van der Waals surface area (Å²) in [5.74, 6) is -1.29. The quantitative estimate of drug-likeness (QED) is 0.767. The number of nitrogens with zero attached hydrogens (tertiary/aromatic N) is 1. The summed E-state index contributed by atoms with van der Waals surface area (Å²) in [7, 11) is 0. The maximum Gasteiger partial charge on any atom is 0.324 e. The first-order valence-corrected chi connectivity index (χ1v) is 8.17. The summed E-state index contributed by atoms with van der Waals surface area (Å²) in [6.07, 6.45) is 0. The Bertz CT molecular complexity index is 839. The molecule has 2 N–H and O–H groups in total. The average molecular weight is 406 g/mol. The molecule has 0 saturated carbocycles. The van der Waals surface area contributed by atoms with Crippen LogP contribution in [0.25, 0.3) is 0 Å². The molecule has 0 bridgehead atoms. The Morgan fingerprint density at radius 1 is 1.20 bits per heavy atom. The number of halogens is 2. The largest absolute Gasteiger partial charge is 0.329 e. The smallest absolute Gasteiger partial charge is 0.324 e. The summed E-state index contributed by atoms with van der Waals surface area (Å²) in [6.45, 7) is 0.131. The summed E-state index contributed by atoms with van der Waals surface area (Å²) >= 11 is 3.15. The lowest BCUT2D eigenvalue weighted by Crippen LogP contribution is -2.30. The molecule has 3 rings (SSSR count). The standard InChI is InChI=1S/C17H13BrFN3O3/c18-12-5-6-14(13(19)7-12)21-16(24)11-3-1-10(2-4-11)9-22-15(23)8-20-17(22)25/h1-7H,8-9H2,(H,20,25)(H,21,24). The Labute approximate surface area is 151 Å². The molecule has 2 aromatic carbocycles. The van der Waals surface area contributed by atoms with Crippen LogP contribution < -0.4 is 10.6 Å². The van der Waals surface area contributed by atoms with Gasteiger partial charge in [0.25, 0.3) is 5.91 Å². The lowest BCUT2D eigenvalue weighted by atomic mass is 10.1. The van der Waals surface area contributed by atoms with E-state index in [1.54, 1.807) is 30.3 Å². The number of carbonyl (C=O) groups excluding carboxylic acids is 3. The van der Waals surface area contributed by atoms with Gasteiger partial charge >= 0.3 is 6.03 Å². The van der Waals surface area contributed by atoms with Crippen LogP contribution in [0.2, 0.25) is 0 Å². The van der Waals surface area contributed by atoms with Crippen molar-refractivity contribution in [2.24, 2.45) is 0 Å². The molecule has 25 heavy (non-hydrogen) atoms. The SMILES string of the molecule is O=C(Nc1ccc(Br)cc1F)c1ccc(CN2C(=O)CNC2=O)cc1. The second kappa shape index (κ2) is 7.02. The van der Waals surface area contributed by atoms with Gasteiger partial charge in [0.05, 0.1) is 18.8 Å². The zero-order valence-corrected chi connectivity index (χ0v) is 14.5. The van der Waals surface area contributed by atoms with Crippen molar-refractivity contribution < 1.29 is 18.8 Å². The van der Waals surface area contributed by atoms with Gasteiger partial charge in [-0.05, 0) is 35.9 Å². The van der Waals surface area contributed by atoms with Crippen molar-refractivity contribution in [1.29, 1.82) is 0 Å². The topological polar surface area (TPSA) is 78.5 Å². The van der Waals surface area contributed by atoms with Gasteiger partial charge in [0.2, 0.25) is 5.91 Å². The highest BCUT2D eigenvalue weighted by atomic mass is 79.9. The van der Waals surface area contributed by atoms with Crippen molar-refractivity contribution >= 4 is 39.5 Å². The molecule has 1 aliphatic heterocycles. The average Bonchev–Trinajstić information content (AvgIpc) is 2.90. The van der Waals surface area contributed by atoms with Gasteiger partial charge in [0.1, 0.15) is 5.82 Å². The molecule has 6 nitrogen and oxygen atoms in total. The molecule has 0 radical (unpaired) electrons. The molecule has 0 atom stereocenters. The summed E-state index contributed by atoms with van der Waals surface area (Å²) < 4.78 is 14.3. The van der Waals surface area contributed by atoms with Crippen LogP contribution in [0.4, 0.5) is 14.9 Å². The van der Waals surface area contributed by atoms with E-state index in [4.69, 9.17) is 0 Å². The van der Waals surface area contributed by atoms with Gasteiger partial charge in [-0.2, -0.15) is 0 Å². The fourth-order valence-corrected chi connectivity index (χ4v) is 2.68. The third-order valence-corrected chi connectivity index (χ3v) is 4.17. The van der Waals surface area contributed by atoms with Crippen molar-refractivity contribution in [3.63, 3.8) is 0 Å². The van der Waals surface area contributed by atoms with Gasteiger partial charge in [0, 0.05) is 10.0 Å². The minimum absolute atomic E-state index is 0.00191. The third kappa shape index (κ3) is 3.85. The molecule has 8 heteroatoms. The number of imide groups is 1. The molecule has 128 valence electrons. The molecular weight excluding hydrogens is 393 g/mol. The van der Waals surface area contributed by atoms with E-state index >= 15 is 0 Å². The number of anilines is 1. The molecule has 1 fully saturated rings. The van der Waals surface area contributed by atoms with Crippen molar-refractivity contribution in [2.45, 2.75) is 6.54 Å². The van der Waals surface area contributed by atoms with E-state index in [1.165, 1.54) is 12.1 Å². The van der Waals surface area contributed by atoms with Gasteiger partial charge < -0.3 is 10.6 Å². The Morgan fingerprint density at radius 3 is 2.52 bits per heavy atom. The molecular formula is C17H13BrFN3O3. The zero-order chi connectivity index (χ0) is 18.0. The van der Waals surface area contributed by atoms with E-state index in [9.17, 15) is 18.8 Å². The van der Waals surface area contributed by atoms with E-state index in [-0.39, 0.29) is 24.7 Å². The van der Waals surface area contributed by atoms with Crippen LogP contribution >= 0.6 is 15.9 Å². The minimum atomic E-state index is -0.544. The van der Waals surface area contributed by atoms with E-state index < -0.39 is 17.8 Å². The van der Waals surface area contributed by atoms with Crippen LogP contribution in [0.3, 0.4) is 0 Å². The molecule has 0 spiro atoms. The fraction of sp³-hybridized carbons (Fsp3) is 0.118. The zero-order valence-electron chi connectivity index (χ0n) is 12.9. The Hall–Kier alpha value is -2.74. The number of hydrogen-bond acceptors (Lipinski definition) is 3. The lowest BCUT2D eigenvalue weighted by molar-refractivity contribution is -0.125. The molecule has 0 aromatic heterocycles. The number of amides is 4. The lowest BCUT2D eigenvalue weighted by Gasteiger charge is -2.12. The molecule has 0 aliphatic carbocycles. The normalized spacial score (nSPS) is 13.8. The van der Waals surface area contributed by atoms with Gasteiger partial charge in [-0.15, -0.1) is 0 Å². The number of benzene rings is 2. The Balaban J connectivity index is 1.68. The first-order valence-electron chi connectivity index (χ1n) is 7.37. The number of urea groups is 1. The Kier molecular flexibility index (Phi) is 4.80. The highest BCUT2D eigenvalue weighted by molar-refractivity contribution is 9.10. The molecule has 0 unspecified atom stereocenters. The van der Waals surface area contributed by atoms with Gasteiger partial charge in [-0.3, -0.25) is 14.5 Å². The molecule has 1 saturated heterocycles. The Morgan fingerprint density at radius 2 is 1.92 bits per heavy atom. The predicted octanol–water partition coefficient (Wildman–Crippen LogP) is 2.89. The highest BCUT2D eigenvalue weighted by Gasteiger charge is 2.28. The predicted molar refractivity (Wildman–Crippen MR) is 92.4 cm³/mol. The van der Waals surface area contributed by atoms with Gasteiger partial charge in [-0.1, -0.05) is 28.1 Å². The first-order chi connectivity index (χ1) is 11.9. The molecule has 2 aromatic rings. The van der Waals surface area contributed by atoms with Crippen molar-refractivity contribution in [3.05, 3.63) is 63.9 Å². The van der Waals surface area contributed by atoms with Crippen molar-refractivity contribution in [1.82, 2.24) is 10.2 Å².